The van der Waals surface area contributed by atoms with Crippen LogP contribution in [0.1, 0.15) is 17.3 Å². The average molecular weight is 329 g/mol. The van der Waals surface area contributed by atoms with Gasteiger partial charge in [0.25, 0.3) is 5.91 Å². The normalized spacial score (nSPS) is 11.3. The maximum atomic E-state index is 12.2. The lowest BCUT2D eigenvalue weighted by Gasteiger charge is -2.14. The summed E-state index contributed by atoms with van der Waals surface area (Å²) in [6.45, 7) is 1.51. The molecule has 0 aliphatic rings. The van der Waals surface area contributed by atoms with E-state index in [-0.39, 0.29) is 5.56 Å². The van der Waals surface area contributed by atoms with Crippen LogP contribution in [0.3, 0.4) is 0 Å². The summed E-state index contributed by atoms with van der Waals surface area (Å²) in [6.07, 6.45) is -0.949. The molecule has 2 rings (SSSR count). The minimum atomic E-state index is -0.949. The van der Waals surface area contributed by atoms with Gasteiger partial charge >= 0.3 is 5.97 Å². The molecule has 2 aromatic carbocycles. The molecule has 126 valence electrons. The smallest absolute Gasteiger partial charge is 0.339 e. The van der Waals surface area contributed by atoms with E-state index in [0.29, 0.717) is 17.2 Å². The Kier molecular flexibility index (Phi) is 5.78. The lowest BCUT2D eigenvalue weighted by Crippen LogP contribution is -2.30. The van der Waals surface area contributed by atoms with Gasteiger partial charge in [-0.25, -0.2) is 4.79 Å². The Labute approximate surface area is 140 Å². The van der Waals surface area contributed by atoms with Crippen molar-refractivity contribution in [1.82, 2.24) is 0 Å². The van der Waals surface area contributed by atoms with Crippen molar-refractivity contribution in [2.24, 2.45) is 0 Å². The molecule has 1 amide bonds. The van der Waals surface area contributed by atoms with Gasteiger partial charge in [-0.2, -0.15) is 0 Å². The van der Waals surface area contributed by atoms with Gasteiger partial charge in [0.05, 0.1) is 19.8 Å². The number of esters is 1. The highest BCUT2D eigenvalue weighted by Gasteiger charge is 2.20. The highest BCUT2D eigenvalue weighted by molar-refractivity contribution is 5.97. The van der Waals surface area contributed by atoms with Crippen LogP contribution in [0.15, 0.2) is 48.5 Å². The number of amides is 1. The van der Waals surface area contributed by atoms with Crippen molar-refractivity contribution in [2.45, 2.75) is 13.0 Å². The molecule has 0 saturated carbocycles. The highest BCUT2D eigenvalue weighted by atomic mass is 16.5. The van der Waals surface area contributed by atoms with Crippen LogP contribution in [0.5, 0.6) is 11.5 Å². The van der Waals surface area contributed by atoms with Crippen molar-refractivity contribution in [1.29, 1.82) is 0 Å². The van der Waals surface area contributed by atoms with Gasteiger partial charge in [0.1, 0.15) is 11.5 Å². The van der Waals surface area contributed by atoms with Gasteiger partial charge in [-0.05, 0) is 31.2 Å². The number of ether oxygens (including phenoxy) is 3. The number of nitrogens with one attached hydrogen (secondary N) is 1. The van der Waals surface area contributed by atoms with Crippen molar-refractivity contribution in [3.63, 3.8) is 0 Å². The van der Waals surface area contributed by atoms with Crippen LogP contribution in [0.2, 0.25) is 0 Å². The monoisotopic (exact) mass is 329 g/mol. The van der Waals surface area contributed by atoms with E-state index in [1.54, 1.807) is 30.3 Å². The summed E-state index contributed by atoms with van der Waals surface area (Å²) in [5.41, 5.74) is 0.874. The zero-order valence-corrected chi connectivity index (χ0v) is 13.7. The molecule has 0 spiro atoms. The van der Waals surface area contributed by atoms with Gasteiger partial charge in [0, 0.05) is 11.8 Å². The van der Waals surface area contributed by atoms with Crippen LogP contribution in [-0.2, 0) is 9.53 Å². The lowest BCUT2D eigenvalue weighted by molar-refractivity contribution is -0.123. The minimum absolute atomic E-state index is 0.241. The number of methoxy groups -OCH3 is 2. The van der Waals surface area contributed by atoms with Crippen LogP contribution in [-0.4, -0.2) is 32.2 Å². The molecular weight excluding hydrogens is 310 g/mol. The first-order valence-corrected chi connectivity index (χ1v) is 7.33. The molecule has 0 saturated heterocycles. The van der Waals surface area contributed by atoms with Crippen molar-refractivity contribution in [3.05, 3.63) is 54.1 Å². The fraction of sp³-hybridized carbons (Fsp3) is 0.222. The number of anilines is 1. The van der Waals surface area contributed by atoms with E-state index in [1.807, 2.05) is 6.07 Å². The van der Waals surface area contributed by atoms with E-state index in [2.05, 4.69) is 5.32 Å². The Hall–Kier alpha value is -3.02. The van der Waals surface area contributed by atoms with E-state index >= 15 is 0 Å². The fourth-order valence-corrected chi connectivity index (χ4v) is 1.97. The van der Waals surface area contributed by atoms with Gasteiger partial charge in [0.15, 0.2) is 6.10 Å². The van der Waals surface area contributed by atoms with Gasteiger partial charge in [-0.15, -0.1) is 0 Å². The summed E-state index contributed by atoms with van der Waals surface area (Å²) in [4.78, 5) is 24.3. The summed E-state index contributed by atoms with van der Waals surface area (Å²) >= 11 is 0. The molecule has 24 heavy (non-hydrogen) atoms. The number of para-hydroxylation sites is 1. The number of rotatable bonds is 6. The first-order chi connectivity index (χ1) is 11.5. The third kappa shape index (κ3) is 4.49. The summed E-state index contributed by atoms with van der Waals surface area (Å²) in [6, 6.07) is 13.6. The molecule has 6 heteroatoms. The van der Waals surface area contributed by atoms with Crippen LogP contribution in [0.25, 0.3) is 0 Å². The first kappa shape index (κ1) is 17.3. The highest BCUT2D eigenvalue weighted by Crippen LogP contribution is 2.23. The largest absolute Gasteiger partial charge is 0.497 e. The summed E-state index contributed by atoms with van der Waals surface area (Å²) in [5, 5.41) is 2.68. The van der Waals surface area contributed by atoms with Crippen molar-refractivity contribution in [2.75, 3.05) is 19.5 Å². The zero-order valence-electron chi connectivity index (χ0n) is 13.7. The van der Waals surface area contributed by atoms with E-state index in [4.69, 9.17) is 14.2 Å². The van der Waals surface area contributed by atoms with E-state index < -0.39 is 18.0 Å². The molecule has 1 unspecified atom stereocenters. The van der Waals surface area contributed by atoms with Crippen molar-refractivity contribution >= 4 is 17.6 Å². The molecule has 0 aliphatic heterocycles. The van der Waals surface area contributed by atoms with Crippen LogP contribution in [0.4, 0.5) is 5.69 Å². The Bertz CT molecular complexity index is 692. The summed E-state index contributed by atoms with van der Waals surface area (Å²) in [7, 11) is 2.97. The number of hydrogen-bond acceptors (Lipinski definition) is 5. The van der Waals surface area contributed by atoms with E-state index in [0.717, 1.165) is 0 Å². The van der Waals surface area contributed by atoms with Crippen LogP contribution < -0.4 is 14.8 Å². The second-order valence-electron chi connectivity index (χ2n) is 5.00. The number of benzene rings is 2. The van der Waals surface area contributed by atoms with Crippen molar-refractivity contribution < 1.29 is 23.8 Å². The van der Waals surface area contributed by atoms with Gasteiger partial charge in [0.2, 0.25) is 0 Å². The van der Waals surface area contributed by atoms with E-state index in [9.17, 15) is 9.59 Å². The molecule has 0 aromatic heterocycles. The molecular formula is C18H19NO5. The Morgan fingerprint density at radius 2 is 1.54 bits per heavy atom. The molecule has 0 radical (unpaired) electrons. The maximum absolute atomic E-state index is 12.2. The third-order valence-electron chi connectivity index (χ3n) is 3.28. The standard InChI is InChI=1S/C18H19NO5/c1-12(17(20)19-14-7-5-4-6-8-14)24-18(21)13-9-15(22-2)11-16(10-13)23-3/h4-12H,1-3H3,(H,19,20). The average Bonchev–Trinajstić information content (AvgIpc) is 2.61. The number of hydrogen-bond donors (Lipinski definition) is 1. The van der Waals surface area contributed by atoms with Crippen LogP contribution >= 0.6 is 0 Å². The SMILES string of the molecule is COc1cc(OC)cc(C(=O)OC(C)C(=O)Nc2ccccc2)c1. The predicted octanol–water partition coefficient (Wildman–Crippen LogP) is 2.89. The van der Waals surface area contributed by atoms with Gasteiger partial charge in [-0.3, -0.25) is 4.79 Å². The summed E-state index contributed by atoms with van der Waals surface area (Å²) < 4.78 is 15.4. The van der Waals surface area contributed by atoms with Crippen LogP contribution in [0, 0.1) is 0 Å². The third-order valence-corrected chi connectivity index (χ3v) is 3.28. The van der Waals surface area contributed by atoms with Gasteiger partial charge in [-0.1, -0.05) is 18.2 Å². The maximum Gasteiger partial charge on any atom is 0.339 e. The molecule has 0 aliphatic carbocycles. The molecule has 0 heterocycles. The molecule has 0 bridgehead atoms. The second-order valence-corrected chi connectivity index (χ2v) is 5.00. The van der Waals surface area contributed by atoms with Gasteiger partial charge < -0.3 is 19.5 Å². The zero-order chi connectivity index (χ0) is 17.5. The Morgan fingerprint density at radius 1 is 0.958 bits per heavy atom. The molecule has 2 aromatic rings. The number of carbonyl (C=O) groups is 2. The molecule has 6 nitrogen and oxygen atoms in total. The second kappa shape index (κ2) is 8.01. The topological polar surface area (TPSA) is 73.9 Å². The first-order valence-electron chi connectivity index (χ1n) is 7.33. The predicted molar refractivity (Wildman–Crippen MR) is 89.5 cm³/mol. The molecule has 1 atom stereocenters. The number of carbonyl (C=O) groups excluding carboxylic acids is 2. The minimum Gasteiger partial charge on any atom is -0.497 e. The fourth-order valence-electron chi connectivity index (χ4n) is 1.97. The quantitative estimate of drug-likeness (QED) is 0.825. The van der Waals surface area contributed by atoms with E-state index in [1.165, 1.54) is 33.3 Å². The summed E-state index contributed by atoms with van der Waals surface area (Å²) in [5.74, 6) is -0.127. The Balaban J connectivity index is 2.04. The Morgan fingerprint density at radius 3 is 2.08 bits per heavy atom. The van der Waals surface area contributed by atoms with Crippen molar-refractivity contribution in [3.8, 4) is 11.5 Å². The lowest BCUT2D eigenvalue weighted by atomic mass is 10.2. The molecule has 0 fully saturated rings. The molecule has 1 N–H and O–H groups in total.